The van der Waals surface area contributed by atoms with E-state index in [0.717, 1.165) is 23.3 Å². The van der Waals surface area contributed by atoms with Crippen LogP contribution in [0.1, 0.15) is 11.1 Å². The first-order valence-electron chi connectivity index (χ1n) is 6.58. The van der Waals surface area contributed by atoms with Gasteiger partial charge in [0.05, 0.1) is 18.1 Å². The van der Waals surface area contributed by atoms with E-state index >= 15 is 0 Å². The second kappa shape index (κ2) is 6.25. The van der Waals surface area contributed by atoms with Crippen LogP contribution in [0.25, 0.3) is 0 Å². The second-order valence-corrected chi connectivity index (χ2v) is 6.47. The third-order valence-electron chi connectivity index (χ3n) is 3.03. The molecule has 0 radical (unpaired) electrons. The van der Waals surface area contributed by atoms with Crippen LogP contribution in [0, 0.1) is 24.0 Å². The number of benzene rings is 2. The molecular formula is C15H15NO6S. The summed E-state index contributed by atoms with van der Waals surface area (Å²) in [4.78, 5) is 9.81. The Bertz CT molecular complexity index is 840. The molecule has 0 fully saturated rings. The van der Waals surface area contributed by atoms with Crippen LogP contribution in [0.2, 0.25) is 0 Å². The van der Waals surface area contributed by atoms with E-state index in [-0.39, 0.29) is 11.5 Å². The highest BCUT2D eigenvalue weighted by Crippen LogP contribution is 2.30. The summed E-state index contributed by atoms with van der Waals surface area (Å²) in [6.07, 6.45) is 0. The lowest BCUT2D eigenvalue weighted by Gasteiger charge is -2.09. The summed E-state index contributed by atoms with van der Waals surface area (Å²) < 4.78 is 34.7. The van der Waals surface area contributed by atoms with E-state index in [1.54, 1.807) is 26.0 Å². The molecule has 23 heavy (non-hydrogen) atoms. The van der Waals surface area contributed by atoms with Crippen LogP contribution in [-0.2, 0) is 10.1 Å². The van der Waals surface area contributed by atoms with E-state index in [4.69, 9.17) is 8.92 Å². The first kappa shape index (κ1) is 16.8. The SMILES string of the molecule is COc1ccc(S(=O)(=O)Oc2cc(C)cc(C)c2)c([N+](=O)[O-])c1. The van der Waals surface area contributed by atoms with Crippen molar-refractivity contribution < 1.29 is 22.3 Å². The van der Waals surface area contributed by atoms with Gasteiger partial charge in [-0.05, 0) is 49.2 Å². The standard InChI is InChI=1S/C15H15NO6S/c1-10-6-11(2)8-13(7-10)22-23(19,20)15-5-4-12(21-3)9-14(15)16(17)18/h4-9H,1-3H3. The molecular weight excluding hydrogens is 322 g/mol. The molecule has 7 nitrogen and oxygen atoms in total. The van der Waals surface area contributed by atoms with Gasteiger partial charge in [0.2, 0.25) is 0 Å². The van der Waals surface area contributed by atoms with E-state index in [1.165, 1.54) is 13.2 Å². The van der Waals surface area contributed by atoms with Gasteiger partial charge in [-0.15, -0.1) is 0 Å². The van der Waals surface area contributed by atoms with Crippen molar-refractivity contribution >= 4 is 15.8 Å². The van der Waals surface area contributed by atoms with Gasteiger partial charge in [0.15, 0.2) is 4.90 Å². The van der Waals surface area contributed by atoms with Gasteiger partial charge in [0, 0.05) is 0 Å². The van der Waals surface area contributed by atoms with Crippen molar-refractivity contribution in [1.82, 2.24) is 0 Å². The van der Waals surface area contributed by atoms with E-state index in [0.29, 0.717) is 0 Å². The smallest absolute Gasteiger partial charge is 0.346 e. The molecule has 0 spiro atoms. The van der Waals surface area contributed by atoms with Crippen LogP contribution in [-0.4, -0.2) is 20.5 Å². The van der Waals surface area contributed by atoms with Gasteiger partial charge in [-0.25, -0.2) is 0 Å². The maximum absolute atomic E-state index is 12.4. The van der Waals surface area contributed by atoms with Crippen LogP contribution in [0.15, 0.2) is 41.3 Å². The molecule has 2 aromatic rings. The van der Waals surface area contributed by atoms with Gasteiger partial charge < -0.3 is 8.92 Å². The fourth-order valence-electron chi connectivity index (χ4n) is 2.13. The predicted molar refractivity (Wildman–Crippen MR) is 83.4 cm³/mol. The van der Waals surface area contributed by atoms with Crippen molar-refractivity contribution in [3.63, 3.8) is 0 Å². The lowest BCUT2D eigenvalue weighted by molar-refractivity contribution is -0.388. The van der Waals surface area contributed by atoms with Crippen LogP contribution < -0.4 is 8.92 Å². The Morgan fingerprint density at radius 1 is 1.00 bits per heavy atom. The number of nitro benzene ring substituents is 1. The predicted octanol–water partition coefficient (Wildman–Crippen LogP) is 2.99. The summed E-state index contributed by atoms with van der Waals surface area (Å²) in [7, 11) is -3.01. The number of nitrogens with zero attached hydrogens (tertiary/aromatic N) is 1. The Hall–Kier alpha value is -2.61. The van der Waals surface area contributed by atoms with Crippen LogP contribution in [0.4, 0.5) is 5.69 Å². The molecule has 8 heteroatoms. The largest absolute Gasteiger partial charge is 0.497 e. The highest BCUT2D eigenvalue weighted by atomic mass is 32.2. The second-order valence-electron chi connectivity index (χ2n) is 4.95. The normalized spacial score (nSPS) is 11.1. The van der Waals surface area contributed by atoms with Gasteiger partial charge in [-0.3, -0.25) is 10.1 Å². The van der Waals surface area contributed by atoms with Crippen LogP contribution in [0.3, 0.4) is 0 Å². The summed E-state index contributed by atoms with van der Waals surface area (Å²) in [5, 5.41) is 11.1. The molecule has 0 unspecified atom stereocenters. The molecule has 0 saturated heterocycles. The summed E-state index contributed by atoms with van der Waals surface area (Å²) in [6, 6.07) is 8.40. The average Bonchev–Trinajstić information content (AvgIpc) is 2.44. The monoisotopic (exact) mass is 337 g/mol. The maximum Gasteiger partial charge on any atom is 0.346 e. The number of ether oxygens (including phenoxy) is 1. The minimum absolute atomic E-state index is 0.104. The highest BCUT2D eigenvalue weighted by molar-refractivity contribution is 7.87. The summed E-state index contributed by atoms with van der Waals surface area (Å²) in [5.41, 5.74) is 1.03. The van der Waals surface area contributed by atoms with E-state index < -0.39 is 25.6 Å². The van der Waals surface area contributed by atoms with Crippen molar-refractivity contribution in [2.45, 2.75) is 18.7 Å². The third-order valence-corrected chi connectivity index (χ3v) is 4.33. The molecule has 0 aliphatic heterocycles. The van der Waals surface area contributed by atoms with Gasteiger partial charge in [0.25, 0.3) is 5.69 Å². The summed E-state index contributed by atoms with van der Waals surface area (Å²) >= 11 is 0. The quantitative estimate of drug-likeness (QED) is 0.473. The first-order valence-corrected chi connectivity index (χ1v) is 7.99. The molecule has 0 aromatic heterocycles. The van der Waals surface area contributed by atoms with Gasteiger partial charge in [0.1, 0.15) is 11.5 Å². The van der Waals surface area contributed by atoms with E-state index in [1.807, 2.05) is 6.07 Å². The lowest BCUT2D eigenvalue weighted by atomic mass is 10.1. The molecule has 0 heterocycles. The van der Waals surface area contributed by atoms with Crippen molar-refractivity contribution in [2.24, 2.45) is 0 Å². The number of nitro groups is 1. The van der Waals surface area contributed by atoms with Crippen molar-refractivity contribution in [3.8, 4) is 11.5 Å². The first-order chi connectivity index (χ1) is 10.7. The molecule has 0 amide bonds. The zero-order chi connectivity index (χ0) is 17.2. The van der Waals surface area contributed by atoms with Crippen LogP contribution in [0.5, 0.6) is 11.5 Å². The zero-order valence-electron chi connectivity index (χ0n) is 12.8. The van der Waals surface area contributed by atoms with Gasteiger partial charge in [-0.2, -0.15) is 8.42 Å². The van der Waals surface area contributed by atoms with Crippen LogP contribution >= 0.6 is 0 Å². The topological polar surface area (TPSA) is 95.7 Å². The number of hydrogen-bond acceptors (Lipinski definition) is 6. The Labute approximate surface area is 133 Å². The molecule has 0 aliphatic carbocycles. The Morgan fingerprint density at radius 2 is 1.61 bits per heavy atom. The Kier molecular flexibility index (Phi) is 4.55. The molecule has 0 N–H and O–H groups in total. The fourth-order valence-corrected chi connectivity index (χ4v) is 3.19. The fraction of sp³-hybridized carbons (Fsp3) is 0.200. The summed E-state index contributed by atoms with van der Waals surface area (Å²) in [5.74, 6) is 0.287. The van der Waals surface area contributed by atoms with Crippen molar-refractivity contribution in [2.75, 3.05) is 7.11 Å². The average molecular weight is 337 g/mol. The maximum atomic E-state index is 12.4. The highest BCUT2D eigenvalue weighted by Gasteiger charge is 2.28. The number of hydrogen-bond donors (Lipinski definition) is 0. The van der Waals surface area contributed by atoms with Gasteiger partial charge >= 0.3 is 10.1 Å². The summed E-state index contributed by atoms with van der Waals surface area (Å²) in [6.45, 7) is 3.59. The van der Waals surface area contributed by atoms with Crippen molar-refractivity contribution in [3.05, 3.63) is 57.6 Å². The lowest BCUT2D eigenvalue weighted by Crippen LogP contribution is -2.12. The molecule has 122 valence electrons. The molecule has 2 aromatic carbocycles. The van der Waals surface area contributed by atoms with E-state index in [2.05, 4.69) is 0 Å². The number of rotatable bonds is 5. The molecule has 0 atom stereocenters. The molecule has 0 bridgehead atoms. The molecule has 2 rings (SSSR count). The molecule has 0 aliphatic rings. The number of aryl methyl sites for hydroxylation is 2. The van der Waals surface area contributed by atoms with E-state index in [9.17, 15) is 18.5 Å². The third kappa shape index (κ3) is 3.78. The minimum Gasteiger partial charge on any atom is -0.497 e. The zero-order valence-corrected chi connectivity index (χ0v) is 13.6. The molecule has 0 saturated carbocycles. The minimum atomic E-state index is -4.34. The Morgan fingerprint density at radius 3 is 2.13 bits per heavy atom. The van der Waals surface area contributed by atoms with Crippen molar-refractivity contribution in [1.29, 1.82) is 0 Å². The number of methoxy groups -OCH3 is 1. The Balaban J connectivity index is 2.49. The van der Waals surface area contributed by atoms with Gasteiger partial charge in [-0.1, -0.05) is 6.07 Å².